The van der Waals surface area contributed by atoms with Crippen molar-refractivity contribution >= 4 is 40.1 Å². The van der Waals surface area contributed by atoms with Crippen LogP contribution in [0.3, 0.4) is 0 Å². The number of phenols is 8. The monoisotopic (exact) mass is 1310 g/mol. The van der Waals surface area contributed by atoms with E-state index in [-0.39, 0.29) is 71.9 Å². The number of benzene rings is 4. The number of hydrogen-bond donors (Lipinski definition) is 8. The fraction of sp³-hybridized carbons (Fsp3) is 0.625. The third-order valence-electron chi connectivity index (χ3n) is 15.6. The first kappa shape index (κ1) is 77.2. The molecule has 0 aliphatic rings. The summed E-state index contributed by atoms with van der Waals surface area (Å²) in [7, 11) is -16.5. The highest BCUT2D eigenvalue weighted by atomic mass is 32.2. The Bertz CT molecular complexity index is 2910. The average molecular weight is 1310 g/mol. The van der Waals surface area contributed by atoms with Gasteiger partial charge in [-0.05, 0) is 74.2 Å². The first-order valence-corrected chi connectivity index (χ1v) is 37.7. The van der Waals surface area contributed by atoms with Crippen LogP contribution in [0.15, 0.2) is 92.4 Å². The van der Waals surface area contributed by atoms with Crippen molar-refractivity contribution in [1.29, 1.82) is 0 Å². The van der Waals surface area contributed by atoms with E-state index in [1.165, 1.54) is 80.0 Å². The highest BCUT2D eigenvalue weighted by Gasteiger charge is 2.32. The molecular formula is C64H104N4O16S4. The van der Waals surface area contributed by atoms with Crippen molar-refractivity contribution in [2.45, 2.75) is 227 Å². The van der Waals surface area contributed by atoms with Crippen LogP contribution in [0, 0.1) is 0 Å². The number of unbranched alkanes of at least 4 members (excludes halogenated alkanes) is 24. The van der Waals surface area contributed by atoms with Crippen LogP contribution in [-0.4, -0.2) is 144 Å². The molecule has 20 nitrogen and oxygen atoms in total. The van der Waals surface area contributed by atoms with E-state index in [0.717, 1.165) is 164 Å². The Morgan fingerprint density at radius 3 is 0.545 bits per heavy atom. The summed E-state index contributed by atoms with van der Waals surface area (Å²) in [6.07, 6.45) is 27.5. The van der Waals surface area contributed by atoms with Crippen LogP contribution in [0.25, 0.3) is 0 Å². The minimum Gasteiger partial charge on any atom is -0.504 e. The van der Waals surface area contributed by atoms with Gasteiger partial charge in [0.05, 0.1) is 19.6 Å². The normalized spacial score (nSPS) is 12.4. The van der Waals surface area contributed by atoms with E-state index in [0.29, 0.717) is 25.7 Å². The molecule has 0 fully saturated rings. The molecule has 0 unspecified atom stereocenters. The molecule has 24 heteroatoms. The van der Waals surface area contributed by atoms with Crippen LogP contribution in [0.4, 0.5) is 0 Å². The highest BCUT2D eigenvalue weighted by molar-refractivity contribution is 7.90. The molecule has 0 aliphatic heterocycles. The van der Waals surface area contributed by atoms with Crippen molar-refractivity contribution in [3.63, 3.8) is 0 Å². The Morgan fingerprint density at radius 1 is 0.227 bits per heavy atom. The highest BCUT2D eigenvalue weighted by Crippen LogP contribution is 2.34. The largest absolute Gasteiger partial charge is 0.504 e. The van der Waals surface area contributed by atoms with Crippen LogP contribution in [0.1, 0.15) is 207 Å². The van der Waals surface area contributed by atoms with Gasteiger partial charge in [-0.1, -0.05) is 182 Å². The topological polar surface area (TPSA) is 311 Å². The van der Waals surface area contributed by atoms with Crippen molar-refractivity contribution in [1.82, 2.24) is 17.2 Å². The second-order valence-corrected chi connectivity index (χ2v) is 30.5. The molecule has 0 heterocycles. The van der Waals surface area contributed by atoms with Gasteiger partial charge in [-0.2, -0.15) is 17.2 Å². The Morgan fingerprint density at radius 2 is 0.386 bits per heavy atom. The maximum atomic E-state index is 13.8. The first-order chi connectivity index (χ1) is 41.9. The molecule has 0 saturated heterocycles. The Hall–Kier alpha value is -5.08. The lowest BCUT2D eigenvalue weighted by Gasteiger charge is -2.27. The van der Waals surface area contributed by atoms with Crippen LogP contribution in [0.5, 0.6) is 46.0 Å². The lowest BCUT2D eigenvalue weighted by atomic mass is 10.1. The summed E-state index contributed by atoms with van der Waals surface area (Å²) >= 11 is 0. The lowest BCUT2D eigenvalue weighted by molar-refractivity contribution is 0.332. The maximum absolute atomic E-state index is 13.8. The molecule has 0 aliphatic carbocycles. The van der Waals surface area contributed by atoms with Gasteiger partial charge < -0.3 is 40.9 Å². The van der Waals surface area contributed by atoms with Gasteiger partial charge in [0.25, 0.3) is 0 Å². The SMILES string of the molecule is CCCCCCCCCCN(CCN(CCCCCCCCCC)S(=O)(=O)c1ccc(O)c(O)c1)S(=O)(=O)c1ccc(O)c(O)c1.CCCCCCCCN(CCN(CCCCCCCC)S(=O)(=O)c1ccc(O)c(O)c1)S(=O)(=O)c1ccc(O)c(O)c1. The van der Waals surface area contributed by atoms with Crippen molar-refractivity contribution < 1.29 is 74.5 Å². The molecular weight excluding hydrogens is 1210 g/mol. The van der Waals surface area contributed by atoms with Gasteiger partial charge in [-0.3, -0.25) is 0 Å². The van der Waals surface area contributed by atoms with Gasteiger partial charge in [0.15, 0.2) is 46.0 Å². The zero-order chi connectivity index (χ0) is 65.2. The van der Waals surface area contributed by atoms with Gasteiger partial charge in [0, 0.05) is 76.6 Å². The van der Waals surface area contributed by atoms with Crippen molar-refractivity contribution in [2.24, 2.45) is 0 Å². The van der Waals surface area contributed by atoms with E-state index < -0.39 is 86.1 Å². The van der Waals surface area contributed by atoms with Crippen molar-refractivity contribution in [2.75, 3.05) is 52.4 Å². The van der Waals surface area contributed by atoms with Crippen molar-refractivity contribution in [3.05, 3.63) is 72.8 Å². The molecule has 0 spiro atoms. The molecule has 4 rings (SSSR count). The molecule has 88 heavy (non-hydrogen) atoms. The predicted octanol–water partition coefficient (Wildman–Crippen LogP) is 13.4. The maximum Gasteiger partial charge on any atom is 0.243 e. The molecule has 0 aromatic heterocycles. The minimum atomic E-state index is -4.14. The molecule has 4 aromatic rings. The summed E-state index contributed by atoms with van der Waals surface area (Å²) in [6, 6.07) is 13.3. The van der Waals surface area contributed by atoms with Gasteiger partial charge in [0.1, 0.15) is 0 Å². The standard InChI is InChI=1S/C34H56N2O8S2.C30H48N2O8S2/c1-3-5-7-9-11-13-15-17-23-35(45(41,42)29-19-21-31(37)33(39)27-29)25-26-36(24-18-16-14-12-10-8-6-4-2)46(43,44)30-20-22-32(38)34(40)28-30;1-3-5-7-9-11-13-19-31(41(37,38)25-15-17-27(33)29(35)23-25)21-22-32(20-14-12-10-8-6-4-2)42(39,40)26-16-18-28(34)30(36)24-26/h19-22,27-28,37-40H,3-18,23-26H2,1-2H3;15-18,23-24,33-36H,3-14,19-22H2,1-2H3. The smallest absolute Gasteiger partial charge is 0.243 e. The molecule has 0 saturated carbocycles. The summed E-state index contributed by atoms with van der Waals surface area (Å²) in [5.74, 6) is -3.99. The van der Waals surface area contributed by atoms with E-state index >= 15 is 0 Å². The Labute approximate surface area is 527 Å². The molecule has 0 amide bonds. The van der Waals surface area contributed by atoms with E-state index in [1.807, 2.05) is 0 Å². The van der Waals surface area contributed by atoms with Crippen LogP contribution in [0.2, 0.25) is 0 Å². The Balaban J connectivity index is 0.000000462. The molecule has 4 aromatic carbocycles. The fourth-order valence-corrected chi connectivity index (χ4v) is 16.0. The number of phenolic OH excluding ortho intramolecular Hbond substituents is 8. The third-order valence-corrected chi connectivity index (χ3v) is 23.2. The quantitative estimate of drug-likeness (QED) is 0.0151. The van der Waals surface area contributed by atoms with Gasteiger partial charge in [0.2, 0.25) is 40.1 Å². The summed E-state index contributed by atoms with van der Waals surface area (Å²) in [5, 5.41) is 78.8. The third kappa shape index (κ3) is 26.0. The summed E-state index contributed by atoms with van der Waals surface area (Å²) in [6.45, 7) is 8.74. The lowest BCUT2D eigenvalue weighted by Crippen LogP contribution is -2.42. The van der Waals surface area contributed by atoms with E-state index in [9.17, 15) is 74.5 Å². The summed E-state index contributed by atoms with van der Waals surface area (Å²) in [5.41, 5.74) is 0. The van der Waals surface area contributed by atoms with Gasteiger partial charge in [-0.15, -0.1) is 0 Å². The molecule has 0 bridgehead atoms. The minimum absolute atomic E-state index is 0.124. The Kier molecular flexibility index (Phi) is 35.6. The average Bonchev–Trinajstić information content (AvgIpc) is 3.61. The van der Waals surface area contributed by atoms with Gasteiger partial charge in [-0.25, -0.2) is 33.7 Å². The number of hydrogen-bond acceptors (Lipinski definition) is 16. The molecule has 0 radical (unpaired) electrons. The number of nitrogens with zero attached hydrogens (tertiary/aromatic N) is 4. The second kappa shape index (κ2) is 40.6. The molecule has 8 N–H and O–H groups in total. The molecule has 0 atom stereocenters. The summed E-state index contributed by atoms with van der Waals surface area (Å²) < 4.78 is 115. The first-order valence-electron chi connectivity index (χ1n) is 32.0. The fourth-order valence-electron chi connectivity index (χ4n) is 10.1. The van der Waals surface area contributed by atoms with E-state index in [4.69, 9.17) is 0 Å². The number of rotatable bonds is 46. The zero-order valence-electron chi connectivity index (χ0n) is 52.6. The zero-order valence-corrected chi connectivity index (χ0v) is 55.9. The number of sulfonamides is 4. The van der Waals surface area contributed by atoms with E-state index in [2.05, 4.69) is 27.7 Å². The van der Waals surface area contributed by atoms with E-state index in [1.54, 1.807) is 0 Å². The number of aromatic hydroxyl groups is 8. The van der Waals surface area contributed by atoms with Crippen LogP contribution < -0.4 is 0 Å². The van der Waals surface area contributed by atoms with Gasteiger partial charge >= 0.3 is 0 Å². The predicted molar refractivity (Wildman–Crippen MR) is 346 cm³/mol. The van der Waals surface area contributed by atoms with Crippen LogP contribution in [-0.2, 0) is 40.1 Å². The second-order valence-electron chi connectivity index (χ2n) is 22.7. The van der Waals surface area contributed by atoms with Crippen LogP contribution >= 0.6 is 0 Å². The molecule has 500 valence electrons. The van der Waals surface area contributed by atoms with Crippen molar-refractivity contribution in [3.8, 4) is 46.0 Å². The summed E-state index contributed by atoms with van der Waals surface area (Å²) in [4.78, 5) is -0.776.